The fourth-order valence-electron chi connectivity index (χ4n) is 3.79. The molecular formula is C20H27N3O4S. The molecule has 152 valence electrons. The second-order valence-electron chi connectivity index (χ2n) is 7.46. The maximum Gasteiger partial charge on any atom is 0.233 e. The molecule has 8 heteroatoms. The Labute approximate surface area is 165 Å². The number of rotatable bonds is 8. The highest BCUT2D eigenvalue weighted by Gasteiger charge is 2.27. The van der Waals surface area contributed by atoms with E-state index in [-0.39, 0.29) is 23.3 Å². The lowest BCUT2D eigenvalue weighted by atomic mass is 9.87. The number of aromatic nitrogens is 2. The fourth-order valence-corrected chi connectivity index (χ4v) is 4.42. The van der Waals surface area contributed by atoms with Gasteiger partial charge in [-0.3, -0.25) is 9.48 Å². The summed E-state index contributed by atoms with van der Waals surface area (Å²) >= 11 is 0. The molecule has 2 N–H and O–H groups in total. The summed E-state index contributed by atoms with van der Waals surface area (Å²) in [6.45, 7) is 0.348. The van der Waals surface area contributed by atoms with Crippen molar-refractivity contribution in [3.63, 3.8) is 0 Å². The van der Waals surface area contributed by atoms with Crippen molar-refractivity contribution in [3.8, 4) is 0 Å². The lowest BCUT2D eigenvalue weighted by Gasteiger charge is -2.20. The van der Waals surface area contributed by atoms with Crippen molar-refractivity contribution in [2.45, 2.75) is 49.5 Å². The van der Waals surface area contributed by atoms with Gasteiger partial charge in [0.15, 0.2) is 15.7 Å². The molecule has 0 spiro atoms. The molecule has 1 amide bonds. The molecule has 1 atom stereocenters. The monoisotopic (exact) mass is 405 g/mol. The standard InChI is InChI=1S/C20H27N3O4S/c1-28(26,27)17-8-6-16(7-9-17)18(14-15-4-2-3-5-15)20(25)21-19-10-11-23(22-19)12-13-24/h6-11,15,18,24H,2-5,12-14H2,1H3,(H,21,22,25)/t18-/m1/s1. The van der Waals surface area contributed by atoms with E-state index in [1.165, 1.54) is 19.1 Å². The molecule has 1 aliphatic rings. The zero-order chi connectivity index (χ0) is 20.1. The van der Waals surface area contributed by atoms with Gasteiger partial charge < -0.3 is 10.4 Å². The van der Waals surface area contributed by atoms with Crippen LogP contribution in [0.4, 0.5) is 5.82 Å². The second-order valence-corrected chi connectivity index (χ2v) is 9.47. The number of hydrogen-bond donors (Lipinski definition) is 2. The van der Waals surface area contributed by atoms with E-state index in [1.807, 2.05) is 0 Å². The van der Waals surface area contributed by atoms with Crippen LogP contribution in [0.1, 0.15) is 43.6 Å². The molecule has 7 nitrogen and oxygen atoms in total. The Kier molecular flexibility index (Phi) is 6.51. The van der Waals surface area contributed by atoms with Crippen molar-refractivity contribution in [2.75, 3.05) is 18.2 Å². The van der Waals surface area contributed by atoms with Gasteiger partial charge in [0.05, 0.1) is 24.0 Å². The number of hydrogen-bond acceptors (Lipinski definition) is 5. The molecule has 1 aliphatic carbocycles. The van der Waals surface area contributed by atoms with Crippen LogP contribution in [-0.2, 0) is 21.2 Å². The van der Waals surface area contributed by atoms with E-state index in [1.54, 1.807) is 41.2 Å². The Bertz CT molecular complexity index is 900. The first kappa shape index (κ1) is 20.5. The van der Waals surface area contributed by atoms with E-state index in [0.717, 1.165) is 24.8 Å². The topological polar surface area (TPSA) is 101 Å². The molecule has 0 radical (unpaired) electrons. The molecule has 28 heavy (non-hydrogen) atoms. The number of benzene rings is 1. The van der Waals surface area contributed by atoms with Crippen LogP contribution in [0.5, 0.6) is 0 Å². The molecule has 0 saturated heterocycles. The number of carbonyl (C=O) groups excluding carboxylic acids is 1. The maximum absolute atomic E-state index is 13.0. The molecule has 1 fully saturated rings. The lowest BCUT2D eigenvalue weighted by Crippen LogP contribution is -2.23. The molecule has 3 rings (SSSR count). The van der Waals surface area contributed by atoms with Crippen molar-refractivity contribution in [3.05, 3.63) is 42.1 Å². The van der Waals surface area contributed by atoms with Gasteiger partial charge >= 0.3 is 0 Å². The van der Waals surface area contributed by atoms with Crippen LogP contribution in [-0.4, -0.2) is 42.1 Å². The zero-order valence-corrected chi connectivity index (χ0v) is 16.9. The summed E-state index contributed by atoms with van der Waals surface area (Å²) in [6, 6.07) is 8.30. The van der Waals surface area contributed by atoms with Gasteiger partial charge in [-0.2, -0.15) is 5.10 Å². The van der Waals surface area contributed by atoms with Gasteiger partial charge in [-0.15, -0.1) is 0 Å². The van der Waals surface area contributed by atoms with Crippen molar-refractivity contribution in [1.29, 1.82) is 0 Å². The molecule has 0 aliphatic heterocycles. The first-order valence-electron chi connectivity index (χ1n) is 9.62. The minimum atomic E-state index is -3.27. The Hall–Kier alpha value is -2.19. The first-order chi connectivity index (χ1) is 13.4. The van der Waals surface area contributed by atoms with Crippen LogP contribution in [0.15, 0.2) is 41.4 Å². The molecular weight excluding hydrogens is 378 g/mol. The van der Waals surface area contributed by atoms with Crippen LogP contribution in [0.3, 0.4) is 0 Å². The molecule has 1 heterocycles. The molecule has 0 unspecified atom stereocenters. The number of sulfone groups is 1. The van der Waals surface area contributed by atoms with Gasteiger partial charge in [0.1, 0.15) is 0 Å². The number of aliphatic hydroxyl groups excluding tert-OH is 1. The van der Waals surface area contributed by atoms with Crippen LogP contribution < -0.4 is 5.32 Å². The summed E-state index contributed by atoms with van der Waals surface area (Å²) < 4.78 is 25.0. The average molecular weight is 406 g/mol. The van der Waals surface area contributed by atoms with Gasteiger partial charge in [0.25, 0.3) is 0 Å². The predicted octanol–water partition coefficient (Wildman–Crippen LogP) is 2.58. The van der Waals surface area contributed by atoms with Crippen LogP contribution in [0, 0.1) is 5.92 Å². The predicted molar refractivity (Wildman–Crippen MR) is 107 cm³/mol. The zero-order valence-electron chi connectivity index (χ0n) is 16.0. The minimum Gasteiger partial charge on any atom is -0.394 e. The normalized spacial score (nSPS) is 16.2. The van der Waals surface area contributed by atoms with Gasteiger partial charge in [0, 0.05) is 18.5 Å². The van der Waals surface area contributed by atoms with Crippen LogP contribution >= 0.6 is 0 Å². The van der Waals surface area contributed by atoms with Crippen LogP contribution in [0.25, 0.3) is 0 Å². The third-order valence-electron chi connectivity index (χ3n) is 5.29. The molecule has 0 bridgehead atoms. The third-order valence-corrected chi connectivity index (χ3v) is 6.42. The summed E-state index contributed by atoms with van der Waals surface area (Å²) in [5.74, 6) is 0.438. The van der Waals surface area contributed by atoms with Crippen LogP contribution in [0.2, 0.25) is 0 Å². The quantitative estimate of drug-likeness (QED) is 0.703. The fraction of sp³-hybridized carbons (Fsp3) is 0.500. The number of amides is 1. The first-order valence-corrected chi connectivity index (χ1v) is 11.5. The molecule has 1 aromatic heterocycles. The van der Waals surface area contributed by atoms with E-state index in [4.69, 9.17) is 5.11 Å². The maximum atomic E-state index is 13.0. The Morgan fingerprint density at radius 1 is 1.25 bits per heavy atom. The molecule has 1 saturated carbocycles. The summed E-state index contributed by atoms with van der Waals surface area (Å²) in [5, 5.41) is 16.1. The van der Waals surface area contributed by atoms with E-state index in [9.17, 15) is 13.2 Å². The largest absolute Gasteiger partial charge is 0.394 e. The van der Waals surface area contributed by atoms with Crippen molar-refractivity contribution < 1.29 is 18.3 Å². The average Bonchev–Trinajstić information content (AvgIpc) is 3.31. The summed E-state index contributed by atoms with van der Waals surface area (Å²) in [4.78, 5) is 13.3. The Morgan fingerprint density at radius 2 is 1.93 bits per heavy atom. The van der Waals surface area contributed by atoms with E-state index < -0.39 is 9.84 Å². The van der Waals surface area contributed by atoms with Gasteiger partial charge in [-0.05, 0) is 30.0 Å². The molecule has 1 aromatic carbocycles. The second kappa shape index (κ2) is 8.87. The lowest BCUT2D eigenvalue weighted by molar-refractivity contribution is -0.118. The van der Waals surface area contributed by atoms with E-state index >= 15 is 0 Å². The van der Waals surface area contributed by atoms with Crippen molar-refractivity contribution in [1.82, 2.24) is 9.78 Å². The van der Waals surface area contributed by atoms with E-state index in [2.05, 4.69) is 10.4 Å². The molecule has 2 aromatic rings. The summed E-state index contributed by atoms with van der Waals surface area (Å²) in [5.41, 5.74) is 0.812. The number of nitrogens with zero attached hydrogens (tertiary/aromatic N) is 2. The van der Waals surface area contributed by atoms with Crippen molar-refractivity contribution >= 4 is 21.6 Å². The minimum absolute atomic E-state index is 0.0218. The van der Waals surface area contributed by atoms with E-state index in [0.29, 0.717) is 18.3 Å². The Morgan fingerprint density at radius 3 is 2.54 bits per heavy atom. The highest BCUT2D eigenvalue weighted by atomic mass is 32.2. The third kappa shape index (κ3) is 5.20. The smallest absolute Gasteiger partial charge is 0.233 e. The number of anilines is 1. The number of aliphatic hydroxyl groups is 1. The highest BCUT2D eigenvalue weighted by molar-refractivity contribution is 7.90. The summed E-state index contributed by atoms with van der Waals surface area (Å²) in [7, 11) is -3.27. The number of carbonyl (C=O) groups is 1. The van der Waals surface area contributed by atoms with Gasteiger partial charge in [-0.25, -0.2) is 8.42 Å². The van der Waals surface area contributed by atoms with Gasteiger partial charge in [0.2, 0.25) is 5.91 Å². The number of nitrogens with one attached hydrogen (secondary N) is 1. The van der Waals surface area contributed by atoms with Crippen molar-refractivity contribution in [2.24, 2.45) is 5.92 Å². The highest BCUT2D eigenvalue weighted by Crippen LogP contribution is 2.35. The summed E-state index contributed by atoms with van der Waals surface area (Å²) in [6.07, 6.45) is 8.25. The van der Waals surface area contributed by atoms with Gasteiger partial charge in [-0.1, -0.05) is 37.8 Å². The Balaban J connectivity index is 1.79. The SMILES string of the molecule is CS(=O)(=O)c1ccc([C@@H](CC2CCCC2)C(=O)Nc2ccn(CCO)n2)cc1.